The summed E-state index contributed by atoms with van der Waals surface area (Å²) in [6.45, 7) is 3.20. The van der Waals surface area contributed by atoms with Crippen molar-refractivity contribution >= 4 is 18.3 Å². The predicted octanol–water partition coefficient (Wildman–Crippen LogP) is 2.29. The summed E-state index contributed by atoms with van der Waals surface area (Å²) in [5, 5.41) is 5.78. The third kappa shape index (κ3) is 4.86. The Balaban J connectivity index is 0.00000242. The molecular weight excluding hydrogens is 321 g/mol. The first-order chi connectivity index (χ1) is 9.88. The second kappa shape index (κ2) is 7.80. The van der Waals surface area contributed by atoms with Crippen LogP contribution in [-0.2, 0) is 15.7 Å². The minimum atomic E-state index is -4.35. The summed E-state index contributed by atoms with van der Waals surface area (Å²) in [4.78, 5) is 12.0. The maximum atomic E-state index is 12.5. The maximum absolute atomic E-state index is 12.5. The number of morpholine rings is 1. The molecule has 1 fully saturated rings. The van der Waals surface area contributed by atoms with Gasteiger partial charge in [0.05, 0.1) is 24.8 Å². The van der Waals surface area contributed by atoms with Crippen molar-refractivity contribution in [2.45, 2.75) is 25.2 Å². The highest BCUT2D eigenvalue weighted by molar-refractivity contribution is 5.85. The summed E-state index contributed by atoms with van der Waals surface area (Å²) >= 11 is 0. The normalized spacial score (nSPS) is 19.9. The number of carbonyl (C=O) groups excluding carboxylic acids is 1. The van der Waals surface area contributed by atoms with E-state index in [0.717, 1.165) is 12.1 Å². The van der Waals surface area contributed by atoms with Crippen LogP contribution in [-0.4, -0.2) is 31.7 Å². The highest BCUT2D eigenvalue weighted by atomic mass is 35.5. The Morgan fingerprint density at radius 2 is 2.00 bits per heavy atom. The van der Waals surface area contributed by atoms with Crippen LogP contribution in [0.5, 0.6) is 0 Å². The van der Waals surface area contributed by atoms with Crippen LogP contribution in [0.4, 0.5) is 13.2 Å². The number of carbonyl (C=O) groups is 1. The number of ether oxygens (including phenoxy) is 1. The molecule has 2 unspecified atom stereocenters. The van der Waals surface area contributed by atoms with Crippen LogP contribution >= 0.6 is 12.4 Å². The monoisotopic (exact) mass is 338 g/mol. The average molecular weight is 339 g/mol. The fraction of sp³-hybridized carbons (Fsp3) is 0.500. The number of alkyl halides is 3. The van der Waals surface area contributed by atoms with Gasteiger partial charge in [-0.1, -0.05) is 12.1 Å². The van der Waals surface area contributed by atoms with Gasteiger partial charge in [0.2, 0.25) is 5.91 Å². The topological polar surface area (TPSA) is 50.4 Å². The Morgan fingerprint density at radius 1 is 1.36 bits per heavy atom. The van der Waals surface area contributed by atoms with E-state index in [9.17, 15) is 18.0 Å². The van der Waals surface area contributed by atoms with E-state index in [4.69, 9.17) is 4.74 Å². The molecular formula is C14H18ClF3N2O2. The molecule has 0 bridgehead atoms. The van der Waals surface area contributed by atoms with Gasteiger partial charge in [-0.15, -0.1) is 12.4 Å². The summed E-state index contributed by atoms with van der Waals surface area (Å²) in [7, 11) is 0. The van der Waals surface area contributed by atoms with Crippen LogP contribution in [0.1, 0.15) is 24.1 Å². The maximum Gasteiger partial charge on any atom is 0.416 e. The second-order valence-electron chi connectivity index (χ2n) is 4.93. The van der Waals surface area contributed by atoms with Gasteiger partial charge in [-0.3, -0.25) is 4.79 Å². The van der Waals surface area contributed by atoms with E-state index in [1.54, 1.807) is 6.92 Å². The van der Waals surface area contributed by atoms with Crippen molar-refractivity contribution in [1.82, 2.24) is 10.6 Å². The van der Waals surface area contributed by atoms with E-state index in [2.05, 4.69) is 10.6 Å². The SMILES string of the molecule is CC(NC(=O)C1COCCN1)c1ccc(C(F)(F)F)cc1.Cl. The molecule has 0 saturated carbocycles. The smallest absolute Gasteiger partial charge is 0.378 e. The van der Waals surface area contributed by atoms with Crippen LogP contribution in [0.2, 0.25) is 0 Å². The zero-order valence-corrected chi connectivity index (χ0v) is 12.8. The number of nitrogens with one attached hydrogen (secondary N) is 2. The fourth-order valence-corrected chi connectivity index (χ4v) is 2.09. The Labute approximate surface area is 132 Å². The molecule has 124 valence electrons. The number of hydrogen-bond donors (Lipinski definition) is 2. The molecule has 1 aliphatic rings. The molecule has 0 radical (unpaired) electrons. The van der Waals surface area contributed by atoms with Crippen molar-refractivity contribution in [3.63, 3.8) is 0 Å². The lowest BCUT2D eigenvalue weighted by Gasteiger charge is -2.25. The minimum absolute atomic E-state index is 0. The highest BCUT2D eigenvalue weighted by Crippen LogP contribution is 2.29. The average Bonchev–Trinajstić information content (AvgIpc) is 2.47. The Kier molecular flexibility index (Phi) is 6.65. The van der Waals surface area contributed by atoms with E-state index < -0.39 is 17.8 Å². The van der Waals surface area contributed by atoms with E-state index >= 15 is 0 Å². The van der Waals surface area contributed by atoms with Crippen molar-refractivity contribution in [3.05, 3.63) is 35.4 Å². The molecule has 0 spiro atoms. The van der Waals surface area contributed by atoms with Gasteiger partial charge in [-0.05, 0) is 24.6 Å². The quantitative estimate of drug-likeness (QED) is 0.889. The van der Waals surface area contributed by atoms with E-state index in [1.165, 1.54) is 12.1 Å². The number of halogens is 4. The van der Waals surface area contributed by atoms with Crippen LogP contribution in [0.25, 0.3) is 0 Å². The first-order valence-corrected chi connectivity index (χ1v) is 6.66. The number of benzene rings is 1. The van der Waals surface area contributed by atoms with Gasteiger partial charge in [0.15, 0.2) is 0 Å². The van der Waals surface area contributed by atoms with Crippen LogP contribution in [0.15, 0.2) is 24.3 Å². The Morgan fingerprint density at radius 3 is 2.50 bits per heavy atom. The van der Waals surface area contributed by atoms with Crippen molar-refractivity contribution in [1.29, 1.82) is 0 Å². The van der Waals surface area contributed by atoms with Crippen LogP contribution < -0.4 is 10.6 Å². The molecule has 2 rings (SSSR count). The van der Waals surface area contributed by atoms with Crippen molar-refractivity contribution in [3.8, 4) is 0 Å². The molecule has 2 atom stereocenters. The summed E-state index contributed by atoms with van der Waals surface area (Å²) in [6, 6.07) is 3.98. The molecule has 1 aliphatic heterocycles. The fourth-order valence-electron chi connectivity index (χ4n) is 2.09. The zero-order valence-electron chi connectivity index (χ0n) is 11.9. The lowest BCUT2D eigenvalue weighted by atomic mass is 10.1. The molecule has 22 heavy (non-hydrogen) atoms. The van der Waals surface area contributed by atoms with Crippen molar-refractivity contribution in [2.75, 3.05) is 19.8 Å². The zero-order chi connectivity index (χ0) is 15.5. The van der Waals surface area contributed by atoms with Gasteiger partial charge in [0, 0.05) is 6.54 Å². The molecule has 1 aromatic carbocycles. The standard InChI is InChI=1S/C14H17F3N2O2.ClH/c1-9(19-13(20)12-8-21-7-6-18-12)10-2-4-11(5-3-10)14(15,16)17;/h2-5,9,12,18H,6-8H2,1H3,(H,19,20);1H. The molecule has 1 amide bonds. The highest BCUT2D eigenvalue weighted by Gasteiger charge is 2.30. The minimum Gasteiger partial charge on any atom is -0.378 e. The summed E-state index contributed by atoms with van der Waals surface area (Å²) < 4.78 is 42.6. The number of amides is 1. The van der Waals surface area contributed by atoms with E-state index in [1.807, 2.05) is 0 Å². The second-order valence-corrected chi connectivity index (χ2v) is 4.93. The third-order valence-corrected chi connectivity index (χ3v) is 3.33. The first-order valence-electron chi connectivity index (χ1n) is 6.66. The molecule has 1 saturated heterocycles. The lowest BCUT2D eigenvalue weighted by molar-refractivity contribution is -0.137. The summed E-state index contributed by atoms with van der Waals surface area (Å²) in [6.07, 6.45) is -4.35. The lowest BCUT2D eigenvalue weighted by Crippen LogP contribution is -2.51. The van der Waals surface area contributed by atoms with Crippen molar-refractivity contribution in [2.24, 2.45) is 0 Å². The van der Waals surface area contributed by atoms with Gasteiger partial charge in [0.1, 0.15) is 6.04 Å². The van der Waals surface area contributed by atoms with Crippen LogP contribution in [0.3, 0.4) is 0 Å². The van der Waals surface area contributed by atoms with Crippen LogP contribution in [0, 0.1) is 0 Å². The van der Waals surface area contributed by atoms with Gasteiger partial charge in [-0.2, -0.15) is 13.2 Å². The molecule has 4 nitrogen and oxygen atoms in total. The predicted molar refractivity (Wildman–Crippen MR) is 77.9 cm³/mol. The molecule has 0 aliphatic carbocycles. The third-order valence-electron chi connectivity index (χ3n) is 3.33. The summed E-state index contributed by atoms with van der Waals surface area (Å²) in [5.74, 6) is -0.220. The van der Waals surface area contributed by atoms with E-state index in [0.29, 0.717) is 25.3 Å². The summed E-state index contributed by atoms with van der Waals surface area (Å²) in [5.41, 5.74) is -0.0831. The van der Waals surface area contributed by atoms with Gasteiger partial charge >= 0.3 is 6.18 Å². The Hall–Kier alpha value is -1.31. The van der Waals surface area contributed by atoms with Gasteiger partial charge in [-0.25, -0.2) is 0 Å². The number of rotatable bonds is 3. The van der Waals surface area contributed by atoms with E-state index in [-0.39, 0.29) is 24.4 Å². The molecule has 2 N–H and O–H groups in total. The van der Waals surface area contributed by atoms with Crippen molar-refractivity contribution < 1.29 is 22.7 Å². The molecule has 0 aromatic heterocycles. The largest absolute Gasteiger partial charge is 0.416 e. The molecule has 1 aromatic rings. The molecule has 8 heteroatoms. The number of hydrogen-bond acceptors (Lipinski definition) is 3. The van der Waals surface area contributed by atoms with Gasteiger partial charge in [0.25, 0.3) is 0 Å². The van der Waals surface area contributed by atoms with Gasteiger partial charge < -0.3 is 15.4 Å². The molecule has 1 heterocycles. The first kappa shape index (κ1) is 18.7. The Bertz CT molecular complexity index is 488.